The molecule has 0 amide bonds. The Kier molecular flexibility index (Phi) is 5.59. The first-order chi connectivity index (χ1) is 10.0. The molecule has 0 aliphatic rings. The Balaban J connectivity index is 1.94. The largest absolute Gasteiger partial charge is 0.457 e. The molecule has 0 aromatic heterocycles. The molecule has 2 rings (SSSR count). The molecule has 0 aliphatic heterocycles. The smallest absolute Gasteiger partial charge is 0.127 e. The van der Waals surface area contributed by atoms with Crippen molar-refractivity contribution in [2.75, 3.05) is 7.05 Å². The standard InChI is InChI=1S/C16H18ClNO3/c1-12(21-18(2)19)11-13-3-7-15(8-4-13)20-16-9-5-14(17)6-10-16/h3-10,12,19H,11H2,1-2H3. The number of ether oxygens (including phenoxy) is 1. The molecule has 1 atom stereocenters. The first-order valence-corrected chi connectivity index (χ1v) is 7.02. The quantitative estimate of drug-likeness (QED) is 0.807. The molecular weight excluding hydrogens is 290 g/mol. The van der Waals surface area contributed by atoms with Crippen LogP contribution < -0.4 is 4.74 Å². The van der Waals surface area contributed by atoms with Gasteiger partial charge >= 0.3 is 0 Å². The van der Waals surface area contributed by atoms with Gasteiger partial charge in [-0.15, -0.1) is 0 Å². The van der Waals surface area contributed by atoms with Crippen LogP contribution in [0.5, 0.6) is 11.5 Å². The Morgan fingerprint density at radius 3 is 2.10 bits per heavy atom. The van der Waals surface area contributed by atoms with Gasteiger partial charge in [-0.25, -0.2) is 0 Å². The van der Waals surface area contributed by atoms with E-state index in [4.69, 9.17) is 26.4 Å². The summed E-state index contributed by atoms with van der Waals surface area (Å²) in [5.41, 5.74) is 1.10. The fourth-order valence-corrected chi connectivity index (χ4v) is 2.09. The number of nitrogens with zero attached hydrogens (tertiary/aromatic N) is 1. The SMILES string of the molecule is CC(Cc1ccc(Oc2ccc(Cl)cc2)cc1)ON(C)O. The van der Waals surface area contributed by atoms with Gasteiger partial charge in [0, 0.05) is 18.5 Å². The Morgan fingerprint density at radius 1 is 1.05 bits per heavy atom. The van der Waals surface area contributed by atoms with Crippen LogP contribution in [-0.2, 0) is 11.3 Å². The van der Waals surface area contributed by atoms with Crippen LogP contribution in [0.15, 0.2) is 48.5 Å². The van der Waals surface area contributed by atoms with E-state index >= 15 is 0 Å². The molecular formula is C16H18ClNO3. The molecule has 112 valence electrons. The number of hydrogen-bond donors (Lipinski definition) is 1. The third kappa shape index (κ3) is 5.36. The summed E-state index contributed by atoms with van der Waals surface area (Å²) < 4.78 is 5.72. The Morgan fingerprint density at radius 2 is 1.57 bits per heavy atom. The van der Waals surface area contributed by atoms with Crippen LogP contribution in [0.3, 0.4) is 0 Å². The van der Waals surface area contributed by atoms with Gasteiger partial charge in [0.15, 0.2) is 0 Å². The summed E-state index contributed by atoms with van der Waals surface area (Å²) in [7, 11) is 1.44. The average molecular weight is 308 g/mol. The maximum Gasteiger partial charge on any atom is 0.127 e. The highest BCUT2D eigenvalue weighted by Gasteiger charge is 2.07. The lowest BCUT2D eigenvalue weighted by Crippen LogP contribution is -2.22. The summed E-state index contributed by atoms with van der Waals surface area (Å²) in [4.78, 5) is 5.14. The Labute approximate surface area is 129 Å². The third-order valence-electron chi connectivity index (χ3n) is 2.83. The second kappa shape index (κ2) is 7.43. The van der Waals surface area contributed by atoms with Crippen LogP contribution in [0.1, 0.15) is 12.5 Å². The molecule has 0 heterocycles. The van der Waals surface area contributed by atoms with E-state index in [2.05, 4.69) is 0 Å². The molecule has 0 fully saturated rings. The van der Waals surface area contributed by atoms with Crippen molar-refractivity contribution < 1.29 is 14.8 Å². The minimum Gasteiger partial charge on any atom is -0.457 e. The summed E-state index contributed by atoms with van der Waals surface area (Å²) >= 11 is 5.83. The first-order valence-electron chi connectivity index (χ1n) is 6.64. The second-order valence-electron chi connectivity index (χ2n) is 4.78. The van der Waals surface area contributed by atoms with Crippen LogP contribution in [0.25, 0.3) is 0 Å². The molecule has 1 N–H and O–H groups in total. The highest BCUT2D eigenvalue weighted by molar-refractivity contribution is 6.30. The van der Waals surface area contributed by atoms with Gasteiger partial charge in [0.25, 0.3) is 0 Å². The monoisotopic (exact) mass is 307 g/mol. The highest BCUT2D eigenvalue weighted by Crippen LogP contribution is 2.23. The molecule has 0 radical (unpaired) electrons. The maximum atomic E-state index is 9.01. The van der Waals surface area contributed by atoms with Gasteiger partial charge in [-0.3, -0.25) is 10.0 Å². The molecule has 21 heavy (non-hydrogen) atoms. The number of hydrogen-bond acceptors (Lipinski definition) is 4. The number of rotatable bonds is 6. The molecule has 0 saturated heterocycles. The molecule has 0 saturated carbocycles. The van der Waals surface area contributed by atoms with Crippen molar-refractivity contribution in [3.63, 3.8) is 0 Å². The van der Waals surface area contributed by atoms with E-state index in [1.54, 1.807) is 12.1 Å². The molecule has 4 nitrogen and oxygen atoms in total. The topological polar surface area (TPSA) is 41.9 Å². The van der Waals surface area contributed by atoms with Crippen molar-refractivity contribution in [1.82, 2.24) is 5.23 Å². The van der Waals surface area contributed by atoms with Crippen LogP contribution >= 0.6 is 11.6 Å². The van der Waals surface area contributed by atoms with Crippen LogP contribution in [0, 0.1) is 0 Å². The molecule has 5 heteroatoms. The zero-order valence-electron chi connectivity index (χ0n) is 12.0. The Bertz CT molecular complexity index is 555. The summed E-state index contributed by atoms with van der Waals surface area (Å²) in [5, 5.41) is 10.4. The van der Waals surface area contributed by atoms with E-state index in [0.29, 0.717) is 11.4 Å². The molecule has 0 aliphatic carbocycles. The maximum absolute atomic E-state index is 9.01. The van der Waals surface area contributed by atoms with E-state index in [1.807, 2.05) is 43.3 Å². The van der Waals surface area contributed by atoms with Crippen molar-refractivity contribution in [2.45, 2.75) is 19.4 Å². The van der Waals surface area contributed by atoms with E-state index in [-0.39, 0.29) is 6.10 Å². The molecule has 1 unspecified atom stereocenters. The van der Waals surface area contributed by atoms with Gasteiger partial charge in [-0.05, 0) is 48.9 Å². The van der Waals surface area contributed by atoms with Gasteiger partial charge in [0.05, 0.1) is 6.10 Å². The molecule has 0 bridgehead atoms. The van der Waals surface area contributed by atoms with Crippen molar-refractivity contribution in [3.8, 4) is 11.5 Å². The van der Waals surface area contributed by atoms with Crippen molar-refractivity contribution in [2.24, 2.45) is 0 Å². The number of hydroxylamine groups is 2. The van der Waals surface area contributed by atoms with E-state index in [1.165, 1.54) is 7.05 Å². The van der Waals surface area contributed by atoms with Crippen molar-refractivity contribution >= 4 is 11.6 Å². The van der Waals surface area contributed by atoms with E-state index in [0.717, 1.165) is 22.3 Å². The van der Waals surface area contributed by atoms with Crippen molar-refractivity contribution in [3.05, 3.63) is 59.1 Å². The fraction of sp³-hybridized carbons (Fsp3) is 0.250. The highest BCUT2D eigenvalue weighted by atomic mass is 35.5. The second-order valence-corrected chi connectivity index (χ2v) is 5.22. The van der Waals surface area contributed by atoms with Gasteiger partial charge in [-0.1, -0.05) is 29.0 Å². The van der Waals surface area contributed by atoms with Crippen LogP contribution in [-0.4, -0.2) is 23.6 Å². The van der Waals surface area contributed by atoms with Crippen LogP contribution in [0.4, 0.5) is 0 Å². The molecule has 2 aromatic rings. The predicted octanol–water partition coefficient (Wildman–Crippen LogP) is 4.32. The lowest BCUT2D eigenvalue weighted by Gasteiger charge is -2.16. The van der Waals surface area contributed by atoms with Gasteiger partial charge < -0.3 is 4.74 Å². The summed E-state index contributed by atoms with van der Waals surface area (Å²) in [6, 6.07) is 15.0. The Hall–Kier alpha value is -1.59. The van der Waals surface area contributed by atoms with Crippen LogP contribution in [0.2, 0.25) is 5.02 Å². The van der Waals surface area contributed by atoms with E-state index < -0.39 is 0 Å². The van der Waals surface area contributed by atoms with Crippen molar-refractivity contribution in [1.29, 1.82) is 0 Å². The molecule has 2 aromatic carbocycles. The summed E-state index contributed by atoms with van der Waals surface area (Å²) in [6.45, 7) is 1.89. The van der Waals surface area contributed by atoms with Gasteiger partial charge in [-0.2, -0.15) is 0 Å². The first kappa shape index (κ1) is 15.8. The third-order valence-corrected chi connectivity index (χ3v) is 3.08. The number of benzene rings is 2. The minimum absolute atomic E-state index is 0.108. The van der Waals surface area contributed by atoms with E-state index in [9.17, 15) is 0 Å². The van der Waals surface area contributed by atoms with Gasteiger partial charge in [0.2, 0.25) is 0 Å². The minimum atomic E-state index is -0.108. The zero-order valence-corrected chi connectivity index (χ0v) is 12.7. The molecule has 0 spiro atoms. The summed E-state index contributed by atoms with van der Waals surface area (Å²) in [6.07, 6.45) is 0.592. The predicted molar refractivity (Wildman–Crippen MR) is 81.8 cm³/mol. The normalized spacial score (nSPS) is 12.4. The number of halogens is 1. The van der Waals surface area contributed by atoms with Gasteiger partial charge in [0.1, 0.15) is 11.5 Å². The summed E-state index contributed by atoms with van der Waals surface area (Å²) in [5.74, 6) is 1.50. The lowest BCUT2D eigenvalue weighted by atomic mass is 10.1. The lowest BCUT2D eigenvalue weighted by molar-refractivity contribution is -0.342. The average Bonchev–Trinajstić information content (AvgIpc) is 2.42. The zero-order chi connectivity index (χ0) is 15.2. The fourth-order valence-electron chi connectivity index (χ4n) is 1.96.